The van der Waals surface area contributed by atoms with Gasteiger partial charge in [0, 0.05) is 10.6 Å². The van der Waals surface area contributed by atoms with Crippen LogP contribution in [0.3, 0.4) is 0 Å². The Hall–Kier alpha value is -1.94. The van der Waals surface area contributed by atoms with Gasteiger partial charge in [-0.05, 0) is 48.7 Å². The summed E-state index contributed by atoms with van der Waals surface area (Å²) in [5, 5.41) is 9.62. The Bertz CT molecular complexity index is 823. The predicted octanol–water partition coefficient (Wildman–Crippen LogP) is 5.87. The SMILES string of the molecule is Cc1ccc(-c2ccccc2)c(Cl)c1.Cc1ccc(O[B]O)c(Cl)c1. The van der Waals surface area contributed by atoms with Gasteiger partial charge in [0.15, 0.2) is 0 Å². The maximum atomic E-state index is 8.31. The summed E-state index contributed by atoms with van der Waals surface area (Å²) in [6, 6.07) is 21.6. The van der Waals surface area contributed by atoms with E-state index < -0.39 is 0 Å². The molecule has 0 aromatic heterocycles. The van der Waals surface area contributed by atoms with E-state index in [4.69, 9.17) is 32.9 Å². The van der Waals surface area contributed by atoms with Crippen molar-refractivity contribution in [2.24, 2.45) is 0 Å². The minimum absolute atomic E-state index is 0.458. The lowest BCUT2D eigenvalue weighted by molar-refractivity contribution is 0.454. The molecule has 0 aliphatic carbocycles. The Kier molecular flexibility index (Phi) is 7.39. The highest BCUT2D eigenvalue weighted by Gasteiger charge is 2.02. The predicted molar refractivity (Wildman–Crippen MR) is 106 cm³/mol. The second kappa shape index (κ2) is 9.52. The van der Waals surface area contributed by atoms with Crippen molar-refractivity contribution < 1.29 is 9.68 Å². The first-order valence-corrected chi connectivity index (χ1v) is 8.47. The lowest BCUT2D eigenvalue weighted by Gasteiger charge is -2.04. The maximum Gasteiger partial charge on any atom is 0.569 e. The fraction of sp³-hybridized carbons (Fsp3) is 0.100. The van der Waals surface area contributed by atoms with E-state index in [2.05, 4.69) is 24.3 Å². The first kappa shape index (κ1) is 19.4. The average molecular weight is 372 g/mol. The first-order chi connectivity index (χ1) is 12.0. The lowest BCUT2D eigenvalue weighted by atomic mass is 10.0. The number of aryl methyl sites for hydroxylation is 2. The average Bonchev–Trinajstić information content (AvgIpc) is 2.59. The minimum atomic E-state index is 0.458. The van der Waals surface area contributed by atoms with Crippen molar-refractivity contribution in [3.05, 3.63) is 87.9 Å². The van der Waals surface area contributed by atoms with Gasteiger partial charge in [0.1, 0.15) is 5.75 Å². The monoisotopic (exact) mass is 371 g/mol. The van der Waals surface area contributed by atoms with Crippen molar-refractivity contribution >= 4 is 30.9 Å². The molecule has 0 amide bonds. The zero-order valence-electron chi connectivity index (χ0n) is 14.0. The van der Waals surface area contributed by atoms with Crippen molar-refractivity contribution in [1.29, 1.82) is 0 Å². The standard InChI is InChI=1S/C13H11Cl.C7H7BClO2/c1-10-7-8-12(13(14)9-10)11-5-3-2-4-6-11;1-5-2-3-7(11-8-10)6(9)4-5/h2-9H,1H3;2-4,10H,1H3. The minimum Gasteiger partial charge on any atom is -0.536 e. The molecular formula is C20H18BCl2O2. The van der Waals surface area contributed by atoms with Gasteiger partial charge in [0.25, 0.3) is 0 Å². The molecule has 0 spiro atoms. The summed E-state index contributed by atoms with van der Waals surface area (Å²) in [6.45, 7) is 3.97. The van der Waals surface area contributed by atoms with Crippen molar-refractivity contribution in [3.63, 3.8) is 0 Å². The van der Waals surface area contributed by atoms with Crippen LogP contribution in [0, 0.1) is 13.8 Å². The van der Waals surface area contributed by atoms with Crippen LogP contribution in [0.25, 0.3) is 11.1 Å². The summed E-state index contributed by atoms with van der Waals surface area (Å²) in [5.74, 6) is 0.458. The van der Waals surface area contributed by atoms with Crippen molar-refractivity contribution in [2.75, 3.05) is 0 Å². The summed E-state index contributed by atoms with van der Waals surface area (Å²) < 4.78 is 4.69. The van der Waals surface area contributed by atoms with Crippen LogP contribution in [-0.4, -0.2) is 12.7 Å². The molecule has 3 rings (SSSR count). The van der Waals surface area contributed by atoms with Crippen LogP contribution < -0.4 is 4.65 Å². The zero-order chi connectivity index (χ0) is 18.2. The van der Waals surface area contributed by atoms with E-state index in [1.54, 1.807) is 12.1 Å². The molecule has 0 bridgehead atoms. The molecule has 0 heterocycles. The molecular weight excluding hydrogens is 354 g/mol. The molecule has 0 aliphatic heterocycles. The van der Waals surface area contributed by atoms with Crippen molar-refractivity contribution in [2.45, 2.75) is 13.8 Å². The molecule has 0 aliphatic rings. The normalized spacial score (nSPS) is 9.80. The Labute approximate surface area is 159 Å². The van der Waals surface area contributed by atoms with Crippen molar-refractivity contribution in [3.8, 4) is 16.9 Å². The molecule has 3 aromatic carbocycles. The third kappa shape index (κ3) is 5.82. The van der Waals surface area contributed by atoms with Gasteiger partial charge in [0.05, 0.1) is 5.02 Å². The molecule has 0 atom stereocenters. The number of hydrogen-bond donors (Lipinski definition) is 1. The molecule has 0 fully saturated rings. The summed E-state index contributed by atoms with van der Waals surface area (Å²) in [5.41, 5.74) is 4.50. The molecule has 3 aromatic rings. The Balaban J connectivity index is 0.000000186. The third-order valence-electron chi connectivity index (χ3n) is 3.48. The van der Waals surface area contributed by atoms with Gasteiger partial charge in [0.2, 0.25) is 0 Å². The summed E-state index contributed by atoms with van der Waals surface area (Å²) >= 11 is 11.9. The summed E-state index contributed by atoms with van der Waals surface area (Å²) in [6.07, 6.45) is 0. The third-order valence-corrected chi connectivity index (χ3v) is 4.08. The highest BCUT2D eigenvalue weighted by Crippen LogP contribution is 2.28. The smallest absolute Gasteiger partial charge is 0.536 e. The first-order valence-electron chi connectivity index (χ1n) is 7.71. The fourth-order valence-electron chi connectivity index (χ4n) is 2.23. The molecule has 1 N–H and O–H groups in total. The molecule has 1 radical (unpaired) electrons. The molecule has 127 valence electrons. The molecule has 0 unspecified atom stereocenters. The Morgan fingerprint density at radius 2 is 1.40 bits per heavy atom. The van der Waals surface area contributed by atoms with Gasteiger partial charge in [-0.2, -0.15) is 0 Å². The van der Waals surface area contributed by atoms with Gasteiger partial charge < -0.3 is 9.68 Å². The zero-order valence-corrected chi connectivity index (χ0v) is 15.6. The van der Waals surface area contributed by atoms with Crippen molar-refractivity contribution in [1.82, 2.24) is 0 Å². The summed E-state index contributed by atoms with van der Waals surface area (Å²) in [4.78, 5) is 0. The second-order valence-corrected chi connectivity index (χ2v) is 6.32. The van der Waals surface area contributed by atoms with Gasteiger partial charge in [-0.1, -0.05) is 71.7 Å². The summed E-state index contributed by atoms with van der Waals surface area (Å²) in [7, 11) is 0.608. The largest absolute Gasteiger partial charge is 0.569 e. The van der Waals surface area contributed by atoms with E-state index in [0.717, 1.165) is 21.7 Å². The fourth-order valence-corrected chi connectivity index (χ4v) is 2.85. The van der Waals surface area contributed by atoms with E-state index in [1.165, 1.54) is 5.56 Å². The van der Waals surface area contributed by atoms with Gasteiger partial charge >= 0.3 is 7.69 Å². The topological polar surface area (TPSA) is 29.5 Å². The highest BCUT2D eigenvalue weighted by molar-refractivity contribution is 6.33. The van der Waals surface area contributed by atoms with Gasteiger partial charge in [-0.15, -0.1) is 0 Å². The van der Waals surface area contributed by atoms with Crippen LogP contribution >= 0.6 is 23.2 Å². The molecule has 0 saturated heterocycles. The van der Waals surface area contributed by atoms with Gasteiger partial charge in [-0.25, -0.2) is 0 Å². The Morgan fingerprint density at radius 1 is 0.800 bits per heavy atom. The number of hydrogen-bond acceptors (Lipinski definition) is 2. The van der Waals surface area contributed by atoms with Crippen LogP contribution in [0.2, 0.25) is 10.0 Å². The number of benzene rings is 3. The van der Waals surface area contributed by atoms with Crippen LogP contribution in [0.5, 0.6) is 5.75 Å². The van der Waals surface area contributed by atoms with Crippen LogP contribution in [-0.2, 0) is 0 Å². The molecule has 2 nitrogen and oxygen atoms in total. The van der Waals surface area contributed by atoms with E-state index >= 15 is 0 Å². The highest BCUT2D eigenvalue weighted by atomic mass is 35.5. The van der Waals surface area contributed by atoms with E-state index in [0.29, 0.717) is 18.5 Å². The van der Waals surface area contributed by atoms with E-state index in [9.17, 15) is 0 Å². The second-order valence-electron chi connectivity index (χ2n) is 5.51. The number of rotatable bonds is 3. The molecule has 5 heteroatoms. The van der Waals surface area contributed by atoms with Crippen LogP contribution in [0.15, 0.2) is 66.7 Å². The molecule has 25 heavy (non-hydrogen) atoms. The lowest BCUT2D eigenvalue weighted by Crippen LogP contribution is -2.00. The maximum absolute atomic E-state index is 8.31. The van der Waals surface area contributed by atoms with E-state index in [-0.39, 0.29) is 0 Å². The van der Waals surface area contributed by atoms with Crippen LogP contribution in [0.1, 0.15) is 11.1 Å². The number of halogens is 2. The Morgan fingerprint density at radius 3 is 1.96 bits per heavy atom. The van der Waals surface area contributed by atoms with Gasteiger partial charge in [-0.3, -0.25) is 0 Å². The van der Waals surface area contributed by atoms with Crippen LogP contribution in [0.4, 0.5) is 0 Å². The quantitative estimate of drug-likeness (QED) is 0.583. The van der Waals surface area contributed by atoms with E-state index in [1.807, 2.05) is 44.2 Å². The molecule has 0 saturated carbocycles.